The molecule has 0 bridgehead atoms. The second-order valence-corrected chi connectivity index (χ2v) is 7.66. The van der Waals surface area contributed by atoms with Crippen molar-refractivity contribution >= 4 is 46.7 Å². The number of ether oxygens (including phenoxy) is 1. The van der Waals surface area contributed by atoms with E-state index in [4.69, 9.17) is 11.6 Å². The van der Waals surface area contributed by atoms with Crippen LogP contribution in [-0.2, 0) is 11.2 Å². The number of carbonyl (C=O) groups excluding carboxylic acids is 1. The number of carbonyl (C=O) groups is 1. The fourth-order valence-corrected chi connectivity index (χ4v) is 3.27. The maximum absolute atomic E-state index is 12.5. The van der Waals surface area contributed by atoms with Gasteiger partial charge in [0.25, 0.3) is 0 Å². The fraction of sp³-hybridized carbons (Fsp3) is 0.375. The van der Waals surface area contributed by atoms with Crippen LogP contribution < -0.4 is 10.1 Å². The van der Waals surface area contributed by atoms with E-state index >= 15 is 0 Å². The van der Waals surface area contributed by atoms with E-state index in [-0.39, 0.29) is 17.4 Å². The van der Waals surface area contributed by atoms with E-state index in [1.165, 1.54) is 36.0 Å². The first-order chi connectivity index (χ1) is 12.3. The van der Waals surface area contributed by atoms with Crippen LogP contribution in [0.1, 0.15) is 11.4 Å². The summed E-state index contributed by atoms with van der Waals surface area (Å²) in [7, 11) is 0. The van der Waals surface area contributed by atoms with Crippen molar-refractivity contribution in [2.75, 3.05) is 23.1 Å². The van der Waals surface area contributed by atoms with E-state index in [0.717, 1.165) is 23.6 Å². The van der Waals surface area contributed by atoms with Gasteiger partial charge in [-0.25, -0.2) is 4.98 Å². The van der Waals surface area contributed by atoms with Crippen molar-refractivity contribution in [1.29, 1.82) is 0 Å². The summed E-state index contributed by atoms with van der Waals surface area (Å²) in [5, 5.41) is 3.37. The van der Waals surface area contributed by atoms with Gasteiger partial charge in [-0.1, -0.05) is 11.8 Å². The molecule has 1 heterocycles. The summed E-state index contributed by atoms with van der Waals surface area (Å²) < 4.78 is 29.3. The summed E-state index contributed by atoms with van der Waals surface area (Å²) in [6.07, 6.45) is 2.92. The summed E-state index contributed by atoms with van der Waals surface area (Å²) in [6, 6.07) is 5.51. The second-order valence-electron chi connectivity index (χ2n) is 5.27. The standard InChI is InChI=1S/C16H18ClF2N3O2S2/c1-10-13(7-8-25-2)22-15(20-10)26-9-14(23)21-11-3-5-12(6-4-11)24-16(17,18)19/h3-6H,7-9H2,1-2H3,(H,20,22)(H,21,23). The van der Waals surface area contributed by atoms with E-state index in [0.29, 0.717) is 10.8 Å². The molecule has 0 spiro atoms. The first-order valence-electron chi connectivity index (χ1n) is 7.59. The quantitative estimate of drug-likeness (QED) is 0.460. The Morgan fingerprint density at radius 1 is 1.38 bits per heavy atom. The molecule has 1 aromatic heterocycles. The number of H-pyrrole nitrogens is 1. The molecule has 5 nitrogen and oxygen atoms in total. The third kappa shape index (κ3) is 7.05. The Hall–Kier alpha value is -1.45. The van der Waals surface area contributed by atoms with Crippen LogP contribution in [0.15, 0.2) is 29.4 Å². The fourth-order valence-electron chi connectivity index (χ4n) is 2.05. The number of aryl methyl sites for hydroxylation is 2. The summed E-state index contributed by atoms with van der Waals surface area (Å²) in [6.45, 7) is 1.96. The molecule has 1 aromatic carbocycles. The molecule has 10 heteroatoms. The number of nitrogens with one attached hydrogen (secondary N) is 2. The Bertz CT molecular complexity index is 736. The van der Waals surface area contributed by atoms with E-state index < -0.39 is 5.57 Å². The van der Waals surface area contributed by atoms with E-state index in [1.54, 1.807) is 11.8 Å². The molecule has 1 amide bonds. The molecule has 26 heavy (non-hydrogen) atoms. The lowest BCUT2D eigenvalue weighted by atomic mass is 10.3. The number of nitrogens with zero attached hydrogens (tertiary/aromatic N) is 1. The Morgan fingerprint density at radius 3 is 2.69 bits per heavy atom. The molecule has 0 saturated heterocycles. The molecular formula is C16H18ClF2N3O2S2. The number of aromatic nitrogens is 2. The molecule has 0 unspecified atom stereocenters. The van der Waals surface area contributed by atoms with Crippen LogP contribution >= 0.6 is 35.1 Å². The predicted molar refractivity (Wildman–Crippen MR) is 103 cm³/mol. The number of thioether (sulfide) groups is 2. The highest BCUT2D eigenvalue weighted by atomic mass is 35.5. The summed E-state index contributed by atoms with van der Waals surface area (Å²) in [5.41, 5.74) is -1.28. The zero-order valence-electron chi connectivity index (χ0n) is 14.1. The normalized spacial score (nSPS) is 11.4. The van der Waals surface area contributed by atoms with Crippen LogP contribution in [0, 0.1) is 6.92 Å². The smallest absolute Gasteiger partial charge is 0.420 e. The topological polar surface area (TPSA) is 67.0 Å². The SMILES string of the molecule is CSCCc1nc(SCC(=O)Nc2ccc(OC(F)(F)Cl)cc2)[nH]c1C. The van der Waals surface area contributed by atoms with Crippen LogP contribution in [0.5, 0.6) is 5.75 Å². The minimum atomic E-state index is -3.77. The molecule has 2 rings (SSSR count). The van der Waals surface area contributed by atoms with Gasteiger partial charge in [-0.15, -0.1) is 8.78 Å². The highest BCUT2D eigenvalue weighted by Crippen LogP contribution is 2.26. The van der Waals surface area contributed by atoms with Gasteiger partial charge in [0.15, 0.2) is 5.16 Å². The largest absolute Gasteiger partial charge is 0.487 e. The molecule has 142 valence electrons. The Morgan fingerprint density at radius 2 is 2.08 bits per heavy atom. The molecule has 0 aliphatic carbocycles. The van der Waals surface area contributed by atoms with E-state index in [9.17, 15) is 13.6 Å². The first kappa shape index (κ1) is 20.9. The maximum atomic E-state index is 12.5. The first-order valence-corrected chi connectivity index (χ1v) is 10.4. The van der Waals surface area contributed by atoms with Gasteiger partial charge in [-0.05, 0) is 43.2 Å². The summed E-state index contributed by atoms with van der Waals surface area (Å²) in [4.78, 5) is 19.7. The number of hydrogen-bond acceptors (Lipinski definition) is 5. The number of aromatic amines is 1. The molecule has 0 atom stereocenters. The average molecular weight is 422 g/mol. The lowest BCUT2D eigenvalue weighted by Gasteiger charge is -2.11. The minimum Gasteiger partial charge on any atom is -0.420 e. The lowest BCUT2D eigenvalue weighted by Crippen LogP contribution is -2.16. The van der Waals surface area contributed by atoms with Gasteiger partial charge in [0.05, 0.1) is 11.4 Å². The van der Waals surface area contributed by atoms with Crippen LogP contribution in [0.2, 0.25) is 0 Å². The molecule has 0 radical (unpaired) electrons. The van der Waals surface area contributed by atoms with Crippen LogP contribution in [-0.4, -0.2) is 39.2 Å². The minimum absolute atomic E-state index is 0.0961. The van der Waals surface area contributed by atoms with Crippen molar-refractivity contribution in [2.24, 2.45) is 0 Å². The number of alkyl halides is 3. The van der Waals surface area contributed by atoms with E-state index in [1.807, 2.05) is 13.2 Å². The zero-order chi connectivity index (χ0) is 19.2. The molecule has 0 fully saturated rings. The number of amides is 1. The van der Waals surface area contributed by atoms with Gasteiger partial charge in [-0.2, -0.15) is 11.8 Å². The van der Waals surface area contributed by atoms with Crippen molar-refractivity contribution in [3.63, 3.8) is 0 Å². The molecule has 2 N–H and O–H groups in total. The number of imidazole rings is 1. The van der Waals surface area contributed by atoms with E-state index in [2.05, 4.69) is 20.0 Å². The molecule has 0 aliphatic rings. The van der Waals surface area contributed by atoms with Crippen LogP contribution in [0.4, 0.5) is 14.5 Å². The van der Waals surface area contributed by atoms with Crippen molar-refractivity contribution in [1.82, 2.24) is 9.97 Å². The molecule has 0 saturated carbocycles. The van der Waals surface area contributed by atoms with Gasteiger partial charge >= 0.3 is 5.57 Å². The third-order valence-corrected chi connectivity index (χ3v) is 4.78. The number of halogens is 3. The Balaban J connectivity index is 1.83. The highest BCUT2D eigenvalue weighted by molar-refractivity contribution is 7.99. The van der Waals surface area contributed by atoms with Crippen molar-refractivity contribution in [3.8, 4) is 5.75 Å². The molecule has 0 aliphatic heterocycles. The molecular weight excluding hydrogens is 404 g/mol. The summed E-state index contributed by atoms with van der Waals surface area (Å²) in [5.74, 6) is 0.839. The average Bonchev–Trinajstić information content (AvgIpc) is 2.91. The van der Waals surface area contributed by atoms with Crippen molar-refractivity contribution in [2.45, 2.75) is 24.1 Å². The van der Waals surface area contributed by atoms with Gasteiger partial charge < -0.3 is 15.0 Å². The van der Waals surface area contributed by atoms with Crippen molar-refractivity contribution in [3.05, 3.63) is 35.7 Å². The molecule has 2 aromatic rings. The van der Waals surface area contributed by atoms with Crippen LogP contribution in [0.25, 0.3) is 0 Å². The third-order valence-electron chi connectivity index (χ3n) is 3.22. The maximum Gasteiger partial charge on any atom is 0.487 e. The number of anilines is 1. The number of benzene rings is 1. The van der Waals surface area contributed by atoms with Crippen LogP contribution in [0.3, 0.4) is 0 Å². The van der Waals surface area contributed by atoms with Gasteiger partial charge in [0.1, 0.15) is 5.75 Å². The monoisotopic (exact) mass is 421 g/mol. The van der Waals surface area contributed by atoms with Gasteiger partial charge in [-0.3, -0.25) is 4.79 Å². The van der Waals surface area contributed by atoms with Gasteiger partial charge in [0, 0.05) is 29.4 Å². The highest BCUT2D eigenvalue weighted by Gasteiger charge is 2.27. The second kappa shape index (κ2) is 9.48. The summed E-state index contributed by atoms with van der Waals surface area (Å²) >= 11 is 7.75. The number of rotatable bonds is 9. The lowest BCUT2D eigenvalue weighted by molar-refractivity contribution is -0.113. The number of hydrogen-bond donors (Lipinski definition) is 2. The van der Waals surface area contributed by atoms with Crippen molar-refractivity contribution < 1.29 is 18.3 Å². The Labute approximate surface area is 163 Å². The zero-order valence-corrected chi connectivity index (χ0v) is 16.5. The predicted octanol–water partition coefficient (Wildman–Crippen LogP) is 4.52. The Kier molecular flexibility index (Phi) is 7.60. The van der Waals surface area contributed by atoms with Gasteiger partial charge in [0.2, 0.25) is 5.91 Å².